The van der Waals surface area contributed by atoms with Gasteiger partial charge in [0.25, 0.3) is 0 Å². The zero-order valence-electron chi connectivity index (χ0n) is 11.7. The summed E-state index contributed by atoms with van der Waals surface area (Å²) in [6.07, 6.45) is -0.922. The number of rotatable bonds is 3. The van der Waals surface area contributed by atoms with Gasteiger partial charge in [-0.15, -0.1) is 12.4 Å². The molecule has 1 fully saturated rings. The summed E-state index contributed by atoms with van der Waals surface area (Å²) in [6.45, 7) is 0.206. The van der Waals surface area contributed by atoms with Crippen LogP contribution >= 0.6 is 12.4 Å². The fourth-order valence-corrected chi connectivity index (χ4v) is 1.94. The number of amides is 1. The Morgan fingerprint density at radius 2 is 2.09 bits per heavy atom. The second kappa shape index (κ2) is 6.78. The fourth-order valence-electron chi connectivity index (χ4n) is 1.94. The SMILES string of the molecule is COc1cc([C@H]2NC(=O)OCC2(F)F)ccc1OC(C)=O.Cl. The molecule has 0 aromatic heterocycles. The van der Waals surface area contributed by atoms with E-state index in [1.54, 1.807) is 0 Å². The van der Waals surface area contributed by atoms with Gasteiger partial charge in [-0.2, -0.15) is 0 Å². The second-order valence-electron chi connectivity index (χ2n) is 4.42. The summed E-state index contributed by atoms with van der Waals surface area (Å²) in [4.78, 5) is 22.1. The maximum atomic E-state index is 13.8. The van der Waals surface area contributed by atoms with E-state index in [0.29, 0.717) is 0 Å². The number of carbonyl (C=O) groups is 2. The molecule has 122 valence electrons. The van der Waals surface area contributed by atoms with Crippen molar-refractivity contribution in [3.8, 4) is 11.5 Å². The zero-order chi connectivity index (χ0) is 15.6. The van der Waals surface area contributed by atoms with E-state index in [2.05, 4.69) is 10.1 Å². The Balaban J connectivity index is 0.00000242. The van der Waals surface area contributed by atoms with Crippen molar-refractivity contribution >= 4 is 24.5 Å². The van der Waals surface area contributed by atoms with E-state index >= 15 is 0 Å². The predicted octanol–water partition coefficient (Wildman–Crippen LogP) is 2.46. The average Bonchev–Trinajstić information content (AvgIpc) is 2.41. The number of nitrogens with one attached hydrogen (secondary N) is 1. The van der Waals surface area contributed by atoms with E-state index in [1.807, 2.05) is 0 Å². The number of alkyl carbamates (subject to hydrolysis) is 1. The average molecular weight is 338 g/mol. The third-order valence-electron chi connectivity index (χ3n) is 2.85. The maximum absolute atomic E-state index is 13.8. The van der Waals surface area contributed by atoms with Crippen molar-refractivity contribution in [2.75, 3.05) is 13.7 Å². The van der Waals surface area contributed by atoms with Crippen LogP contribution in [-0.4, -0.2) is 31.7 Å². The quantitative estimate of drug-likeness (QED) is 0.677. The third-order valence-corrected chi connectivity index (χ3v) is 2.85. The van der Waals surface area contributed by atoms with Crippen LogP contribution in [0.25, 0.3) is 0 Å². The summed E-state index contributed by atoms with van der Waals surface area (Å²) < 4.78 is 41.8. The van der Waals surface area contributed by atoms with Gasteiger partial charge in [0.2, 0.25) is 0 Å². The molecule has 1 aliphatic rings. The Morgan fingerprint density at radius 3 is 2.68 bits per heavy atom. The van der Waals surface area contributed by atoms with Gasteiger partial charge < -0.3 is 19.5 Å². The van der Waals surface area contributed by atoms with Crippen molar-refractivity contribution in [1.29, 1.82) is 0 Å². The molecule has 0 aliphatic carbocycles. The first-order valence-electron chi connectivity index (χ1n) is 6.01. The summed E-state index contributed by atoms with van der Waals surface area (Å²) in [5.74, 6) is -3.61. The normalized spacial score (nSPS) is 19.3. The number of methoxy groups -OCH3 is 1. The van der Waals surface area contributed by atoms with Gasteiger partial charge in [-0.3, -0.25) is 4.79 Å². The van der Waals surface area contributed by atoms with Crippen LogP contribution in [0.15, 0.2) is 18.2 Å². The Labute approximate surface area is 131 Å². The highest BCUT2D eigenvalue weighted by atomic mass is 35.5. The molecule has 0 unspecified atom stereocenters. The maximum Gasteiger partial charge on any atom is 0.408 e. The Kier molecular flexibility index (Phi) is 5.54. The number of halogens is 3. The lowest BCUT2D eigenvalue weighted by molar-refractivity contribution is -0.132. The van der Waals surface area contributed by atoms with Crippen LogP contribution in [0.5, 0.6) is 11.5 Å². The van der Waals surface area contributed by atoms with E-state index in [4.69, 9.17) is 9.47 Å². The first-order chi connectivity index (χ1) is 9.83. The van der Waals surface area contributed by atoms with Crippen LogP contribution in [0.2, 0.25) is 0 Å². The topological polar surface area (TPSA) is 73.9 Å². The van der Waals surface area contributed by atoms with E-state index in [0.717, 1.165) is 0 Å². The lowest BCUT2D eigenvalue weighted by atomic mass is 9.99. The molecule has 1 aliphatic heterocycles. The van der Waals surface area contributed by atoms with Gasteiger partial charge in [-0.25, -0.2) is 13.6 Å². The van der Waals surface area contributed by atoms with Crippen LogP contribution in [0.1, 0.15) is 18.5 Å². The zero-order valence-corrected chi connectivity index (χ0v) is 12.5. The van der Waals surface area contributed by atoms with Crippen LogP contribution in [0.3, 0.4) is 0 Å². The Morgan fingerprint density at radius 1 is 1.41 bits per heavy atom. The number of hydrogen-bond donors (Lipinski definition) is 1. The number of cyclic esters (lactones) is 1. The molecule has 1 atom stereocenters. The second-order valence-corrected chi connectivity index (χ2v) is 4.42. The highest BCUT2D eigenvalue weighted by Crippen LogP contribution is 2.38. The first-order valence-corrected chi connectivity index (χ1v) is 6.01. The van der Waals surface area contributed by atoms with Crippen molar-refractivity contribution in [1.82, 2.24) is 5.32 Å². The summed E-state index contributed by atoms with van der Waals surface area (Å²) in [6, 6.07) is 2.39. The molecule has 1 aromatic carbocycles. The fraction of sp³-hybridized carbons (Fsp3) is 0.385. The highest BCUT2D eigenvalue weighted by Gasteiger charge is 2.47. The number of ether oxygens (including phenoxy) is 3. The monoisotopic (exact) mass is 337 g/mol. The first kappa shape index (κ1) is 18.0. The van der Waals surface area contributed by atoms with Gasteiger partial charge in [0.1, 0.15) is 6.04 Å². The van der Waals surface area contributed by atoms with Crippen LogP contribution in [0, 0.1) is 0 Å². The van der Waals surface area contributed by atoms with Gasteiger partial charge in [-0.05, 0) is 17.7 Å². The third kappa shape index (κ3) is 3.76. The molecule has 2 rings (SSSR count). The minimum Gasteiger partial charge on any atom is -0.493 e. The molecule has 0 spiro atoms. The van der Waals surface area contributed by atoms with Gasteiger partial charge in [0.05, 0.1) is 7.11 Å². The molecule has 0 bridgehead atoms. The van der Waals surface area contributed by atoms with Gasteiger partial charge in [0, 0.05) is 6.92 Å². The Hall–Kier alpha value is -2.09. The number of benzene rings is 1. The van der Waals surface area contributed by atoms with E-state index < -0.39 is 30.6 Å². The molecule has 1 amide bonds. The summed E-state index contributed by atoms with van der Waals surface area (Å²) >= 11 is 0. The minimum absolute atomic E-state index is 0. The van der Waals surface area contributed by atoms with Crippen molar-refractivity contribution in [2.45, 2.75) is 18.9 Å². The summed E-state index contributed by atoms with van der Waals surface area (Å²) in [5.41, 5.74) is 0.115. The number of esters is 1. The van der Waals surface area contributed by atoms with Crippen molar-refractivity contribution < 1.29 is 32.6 Å². The van der Waals surface area contributed by atoms with E-state index in [-0.39, 0.29) is 29.5 Å². The number of hydrogen-bond acceptors (Lipinski definition) is 5. The molecule has 22 heavy (non-hydrogen) atoms. The Bertz CT molecular complexity index is 582. The highest BCUT2D eigenvalue weighted by molar-refractivity contribution is 5.85. The molecule has 1 saturated heterocycles. The van der Waals surface area contributed by atoms with Gasteiger partial charge in [0.15, 0.2) is 18.1 Å². The molecule has 1 heterocycles. The summed E-state index contributed by atoms with van der Waals surface area (Å²) in [7, 11) is 1.31. The lowest BCUT2D eigenvalue weighted by Crippen LogP contribution is -2.49. The lowest BCUT2D eigenvalue weighted by Gasteiger charge is -2.32. The molecule has 1 aromatic rings. The standard InChI is InChI=1S/C13H13F2NO5.ClH/c1-7(17)21-9-4-3-8(5-10(9)19-2)11-13(14,15)6-20-12(18)16-11;/h3-5,11H,6H2,1-2H3,(H,16,18);1H/t11-;/m1./s1. The van der Waals surface area contributed by atoms with Crippen LogP contribution in [-0.2, 0) is 9.53 Å². The molecule has 0 saturated carbocycles. The van der Waals surface area contributed by atoms with E-state index in [1.165, 1.54) is 32.2 Å². The number of carbonyl (C=O) groups excluding carboxylic acids is 2. The van der Waals surface area contributed by atoms with Crippen LogP contribution in [0.4, 0.5) is 13.6 Å². The molecule has 0 radical (unpaired) electrons. The summed E-state index contributed by atoms with van der Waals surface area (Å²) in [5, 5.41) is 2.06. The largest absolute Gasteiger partial charge is 0.493 e. The van der Waals surface area contributed by atoms with E-state index in [9.17, 15) is 18.4 Å². The molecule has 1 N–H and O–H groups in total. The molecular weight excluding hydrogens is 324 g/mol. The van der Waals surface area contributed by atoms with Crippen molar-refractivity contribution in [3.63, 3.8) is 0 Å². The molecule has 9 heteroatoms. The smallest absolute Gasteiger partial charge is 0.408 e. The predicted molar refractivity (Wildman–Crippen MR) is 73.7 cm³/mol. The van der Waals surface area contributed by atoms with Crippen LogP contribution < -0.4 is 14.8 Å². The molecular formula is C13H14ClF2NO5. The van der Waals surface area contributed by atoms with Gasteiger partial charge >= 0.3 is 18.0 Å². The minimum atomic E-state index is -3.26. The van der Waals surface area contributed by atoms with Crippen molar-refractivity contribution in [3.05, 3.63) is 23.8 Å². The van der Waals surface area contributed by atoms with Gasteiger partial charge in [-0.1, -0.05) is 6.07 Å². The number of alkyl halides is 2. The van der Waals surface area contributed by atoms with Crippen molar-refractivity contribution in [2.24, 2.45) is 0 Å². The molecule has 6 nitrogen and oxygen atoms in total.